The Morgan fingerprint density at radius 1 is 1.00 bits per heavy atom. The largest absolute Gasteiger partial charge is 0.349 e. The van der Waals surface area contributed by atoms with Crippen molar-refractivity contribution in [1.29, 1.82) is 0 Å². The van der Waals surface area contributed by atoms with Gasteiger partial charge in [0.15, 0.2) is 5.69 Å². The van der Waals surface area contributed by atoms with Crippen LogP contribution in [0.3, 0.4) is 0 Å². The lowest BCUT2D eigenvalue weighted by molar-refractivity contribution is -0.123. The number of amides is 2. The van der Waals surface area contributed by atoms with Crippen LogP contribution in [0.25, 0.3) is 0 Å². The van der Waals surface area contributed by atoms with E-state index in [2.05, 4.69) is 14.9 Å². The first-order chi connectivity index (χ1) is 14.6. The molecule has 2 amide bonds. The number of nitrogens with zero attached hydrogens (tertiary/aromatic N) is 3. The minimum Gasteiger partial charge on any atom is -0.349 e. The molecule has 0 aliphatic heterocycles. The smallest absolute Gasteiger partial charge is 0.280 e. The number of hydrogen-bond donors (Lipinski definition) is 1. The van der Waals surface area contributed by atoms with Gasteiger partial charge in [0.05, 0.1) is 5.69 Å². The van der Waals surface area contributed by atoms with Crippen LogP contribution in [0.2, 0.25) is 0 Å². The normalized spacial score (nSPS) is 12.3. The van der Waals surface area contributed by atoms with Gasteiger partial charge >= 0.3 is 0 Å². The second-order valence-electron chi connectivity index (χ2n) is 8.76. The van der Waals surface area contributed by atoms with Crippen LogP contribution in [-0.4, -0.2) is 26.9 Å². The lowest BCUT2D eigenvalue weighted by Gasteiger charge is -2.35. The SMILES string of the molecule is Cc1ccc(C(C(=O)NC(C)(C)C)N(C(=O)c2csnn2)c2c(C)cccc2C)cc1. The van der Waals surface area contributed by atoms with E-state index in [-0.39, 0.29) is 17.5 Å². The second-order valence-corrected chi connectivity index (χ2v) is 9.37. The van der Waals surface area contributed by atoms with Gasteiger partial charge in [0, 0.05) is 10.9 Å². The summed E-state index contributed by atoms with van der Waals surface area (Å²) >= 11 is 1.11. The molecule has 3 aromatic rings. The van der Waals surface area contributed by atoms with Gasteiger partial charge in [0.2, 0.25) is 5.91 Å². The molecule has 0 spiro atoms. The van der Waals surface area contributed by atoms with Crippen LogP contribution in [0.15, 0.2) is 47.8 Å². The molecule has 0 saturated heterocycles. The zero-order valence-corrected chi connectivity index (χ0v) is 19.6. The van der Waals surface area contributed by atoms with E-state index in [9.17, 15) is 9.59 Å². The van der Waals surface area contributed by atoms with E-state index >= 15 is 0 Å². The number of nitrogens with one attached hydrogen (secondary N) is 1. The van der Waals surface area contributed by atoms with Crippen LogP contribution in [0.1, 0.15) is 59.6 Å². The monoisotopic (exact) mass is 436 g/mol. The van der Waals surface area contributed by atoms with Crippen molar-refractivity contribution in [3.8, 4) is 0 Å². The Labute approximate surface area is 187 Å². The van der Waals surface area contributed by atoms with Crippen molar-refractivity contribution in [2.24, 2.45) is 0 Å². The predicted octanol–water partition coefficient (Wildman–Crippen LogP) is 4.77. The maximum absolute atomic E-state index is 13.7. The Balaban J connectivity index is 2.25. The van der Waals surface area contributed by atoms with Gasteiger partial charge in [-0.15, -0.1) is 5.10 Å². The highest BCUT2D eigenvalue weighted by Gasteiger charge is 2.37. The number of anilines is 1. The number of carbonyl (C=O) groups excluding carboxylic acids is 2. The molecule has 1 atom stereocenters. The zero-order chi connectivity index (χ0) is 22.8. The fraction of sp³-hybridized carbons (Fsp3) is 0.333. The molecule has 31 heavy (non-hydrogen) atoms. The Bertz CT molecular complexity index is 1050. The molecule has 7 heteroatoms. The Hall–Kier alpha value is -3.06. The molecule has 3 rings (SSSR count). The van der Waals surface area contributed by atoms with Crippen LogP contribution in [0, 0.1) is 20.8 Å². The van der Waals surface area contributed by atoms with Gasteiger partial charge in [0.25, 0.3) is 5.91 Å². The highest BCUT2D eigenvalue weighted by molar-refractivity contribution is 7.03. The molecule has 0 radical (unpaired) electrons. The third kappa shape index (κ3) is 5.17. The standard InChI is InChI=1S/C24H28N4O2S/c1-15-10-12-18(13-11-15)21(22(29)25-24(4,5)6)28(23(30)19-14-31-27-26-19)20-16(2)8-7-9-17(20)3/h7-14,21H,1-6H3,(H,25,29). The fourth-order valence-corrected chi connectivity index (χ4v) is 3.95. The maximum atomic E-state index is 13.7. The van der Waals surface area contributed by atoms with Crippen molar-refractivity contribution < 1.29 is 9.59 Å². The van der Waals surface area contributed by atoms with Gasteiger partial charge < -0.3 is 5.32 Å². The molecule has 1 unspecified atom stereocenters. The minimum atomic E-state index is -0.867. The predicted molar refractivity (Wildman–Crippen MR) is 124 cm³/mol. The summed E-state index contributed by atoms with van der Waals surface area (Å²) in [7, 11) is 0. The van der Waals surface area contributed by atoms with Gasteiger partial charge in [-0.25, -0.2) is 0 Å². The van der Waals surface area contributed by atoms with Gasteiger partial charge in [-0.05, 0) is 69.8 Å². The number of carbonyl (C=O) groups is 2. The average molecular weight is 437 g/mol. The second kappa shape index (κ2) is 8.98. The lowest BCUT2D eigenvalue weighted by Crippen LogP contribution is -2.50. The number of rotatable bonds is 5. The van der Waals surface area contributed by atoms with E-state index < -0.39 is 11.6 Å². The molecule has 0 fully saturated rings. The van der Waals surface area contributed by atoms with E-state index in [4.69, 9.17) is 0 Å². The summed E-state index contributed by atoms with van der Waals surface area (Å²) in [5.74, 6) is -0.615. The molecule has 0 aliphatic rings. The highest BCUT2D eigenvalue weighted by Crippen LogP contribution is 2.34. The minimum absolute atomic E-state index is 0.216. The molecule has 1 heterocycles. The average Bonchev–Trinajstić information content (AvgIpc) is 3.21. The summed E-state index contributed by atoms with van der Waals surface area (Å²) in [4.78, 5) is 28.9. The van der Waals surface area contributed by atoms with Crippen LogP contribution in [0.5, 0.6) is 0 Å². The van der Waals surface area contributed by atoms with Gasteiger partial charge in [0.1, 0.15) is 6.04 Å². The fourth-order valence-electron chi connectivity index (χ4n) is 3.52. The lowest BCUT2D eigenvalue weighted by atomic mass is 9.97. The molecular weight excluding hydrogens is 408 g/mol. The molecule has 2 aromatic carbocycles. The van der Waals surface area contributed by atoms with E-state index in [1.54, 1.807) is 10.3 Å². The Kier molecular flexibility index (Phi) is 6.55. The van der Waals surface area contributed by atoms with Gasteiger partial charge in [-0.1, -0.05) is 52.5 Å². The number of aromatic nitrogens is 2. The molecule has 162 valence electrons. The first kappa shape index (κ1) is 22.6. The van der Waals surface area contributed by atoms with E-state index in [0.717, 1.165) is 33.8 Å². The van der Waals surface area contributed by atoms with Crippen molar-refractivity contribution in [2.45, 2.75) is 53.1 Å². The summed E-state index contributed by atoms with van der Waals surface area (Å²) in [5, 5.41) is 8.65. The van der Waals surface area contributed by atoms with Gasteiger partial charge in [-0.3, -0.25) is 14.5 Å². The third-order valence-electron chi connectivity index (χ3n) is 4.88. The van der Waals surface area contributed by atoms with Crippen molar-refractivity contribution in [1.82, 2.24) is 14.9 Å². The molecular formula is C24H28N4O2S. The van der Waals surface area contributed by atoms with Crippen LogP contribution < -0.4 is 10.2 Å². The first-order valence-corrected chi connectivity index (χ1v) is 11.0. The quantitative estimate of drug-likeness (QED) is 0.625. The molecule has 1 aromatic heterocycles. The summed E-state index contributed by atoms with van der Waals surface area (Å²) < 4.78 is 3.86. The summed E-state index contributed by atoms with van der Waals surface area (Å²) in [6, 6.07) is 12.6. The summed E-state index contributed by atoms with van der Waals surface area (Å²) in [6.45, 7) is 11.6. The number of aryl methyl sites for hydroxylation is 3. The molecule has 6 nitrogen and oxygen atoms in total. The molecule has 0 saturated carbocycles. The van der Waals surface area contributed by atoms with Crippen molar-refractivity contribution in [3.63, 3.8) is 0 Å². The van der Waals surface area contributed by atoms with E-state index in [0.29, 0.717) is 5.69 Å². The van der Waals surface area contributed by atoms with E-state index in [1.165, 1.54) is 0 Å². The molecule has 0 aliphatic carbocycles. The van der Waals surface area contributed by atoms with Crippen molar-refractivity contribution >= 4 is 29.0 Å². The number of benzene rings is 2. The first-order valence-electron chi connectivity index (χ1n) is 10.1. The summed E-state index contributed by atoms with van der Waals surface area (Å²) in [6.07, 6.45) is 0. The molecule has 0 bridgehead atoms. The van der Waals surface area contributed by atoms with Gasteiger partial charge in [-0.2, -0.15) is 0 Å². The van der Waals surface area contributed by atoms with Crippen molar-refractivity contribution in [2.75, 3.05) is 4.90 Å². The Morgan fingerprint density at radius 3 is 2.13 bits per heavy atom. The summed E-state index contributed by atoms with van der Waals surface area (Å²) in [5.41, 5.74) is 4.06. The van der Waals surface area contributed by atoms with E-state index in [1.807, 2.05) is 84.0 Å². The van der Waals surface area contributed by atoms with Crippen LogP contribution in [-0.2, 0) is 4.79 Å². The van der Waals surface area contributed by atoms with Crippen molar-refractivity contribution in [3.05, 3.63) is 75.8 Å². The van der Waals surface area contributed by atoms with Crippen LogP contribution in [0.4, 0.5) is 5.69 Å². The third-order valence-corrected chi connectivity index (χ3v) is 5.38. The highest BCUT2D eigenvalue weighted by atomic mass is 32.1. The Morgan fingerprint density at radius 2 is 1.61 bits per heavy atom. The maximum Gasteiger partial charge on any atom is 0.280 e. The van der Waals surface area contributed by atoms with Crippen LogP contribution >= 0.6 is 11.5 Å². The number of para-hydroxylation sites is 1. The molecule has 1 N–H and O–H groups in total. The zero-order valence-electron chi connectivity index (χ0n) is 18.8. The number of hydrogen-bond acceptors (Lipinski definition) is 5. The topological polar surface area (TPSA) is 75.2 Å².